The van der Waals surface area contributed by atoms with E-state index in [0.29, 0.717) is 12.8 Å². The van der Waals surface area contributed by atoms with Gasteiger partial charge in [-0.05, 0) is 25.7 Å². The van der Waals surface area contributed by atoms with Gasteiger partial charge in [0.1, 0.15) is 11.6 Å². The molecule has 0 spiro atoms. The van der Waals surface area contributed by atoms with E-state index in [1.807, 2.05) is 27.7 Å². The number of rotatable bonds is 8. The Labute approximate surface area is 181 Å². The summed E-state index contributed by atoms with van der Waals surface area (Å²) in [5.74, 6) is -2.62. The zero-order valence-corrected chi connectivity index (χ0v) is 19.7. The number of carboxylic acids is 2. The second-order valence-corrected chi connectivity index (χ2v) is 6.00. The molecule has 0 aromatic heterocycles. The molecule has 0 fully saturated rings. The molecule has 0 radical (unpaired) electrons. The van der Waals surface area contributed by atoms with Crippen LogP contribution in [0.5, 0.6) is 0 Å². The van der Waals surface area contributed by atoms with Crippen molar-refractivity contribution >= 4 is 23.5 Å². The summed E-state index contributed by atoms with van der Waals surface area (Å²) in [7, 11) is 0. The fourth-order valence-electron chi connectivity index (χ4n) is 1.38. The molecular weight excluding hydrogens is 435 g/mol. The molecular formula is C18H34O8Zr. The number of hydrogen-bond acceptors (Lipinski definition) is 8. The van der Waals surface area contributed by atoms with Gasteiger partial charge >= 0.3 is 26.2 Å². The molecule has 2 N–H and O–H groups in total. The molecule has 0 heterocycles. The summed E-state index contributed by atoms with van der Waals surface area (Å²) < 4.78 is 0. The van der Waals surface area contributed by atoms with Crippen molar-refractivity contribution in [2.45, 2.75) is 67.2 Å². The second kappa shape index (κ2) is 27.3. The number of carbonyl (C=O) groups is 4. The summed E-state index contributed by atoms with van der Waals surface area (Å²) >= 11 is 0. The van der Waals surface area contributed by atoms with Crippen molar-refractivity contribution in [2.75, 3.05) is 13.2 Å². The molecule has 0 aliphatic carbocycles. The normalized spacial score (nSPS) is 8.67. The van der Waals surface area contributed by atoms with E-state index in [4.69, 9.17) is 10.2 Å². The van der Waals surface area contributed by atoms with Gasteiger partial charge in [-0.3, -0.25) is 9.59 Å². The van der Waals surface area contributed by atoms with Crippen molar-refractivity contribution < 1.29 is 65.8 Å². The monoisotopic (exact) mass is 468 g/mol. The van der Waals surface area contributed by atoms with Gasteiger partial charge in [0.25, 0.3) is 0 Å². The molecule has 0 aromatic carbocycles. The van der Waals surface area contributed by atoms with Gasteiger partial charge in [0.2, 0.25) is 0 Å². The van der Waals surface area contributed by atoms with E-state index in [9.17, 15) is 29.4 Å². The zero-order chi connectivity index (χ0) is 21.7. The zero-order valence-electron chi connectivity index (χ0n) is 17.2. The number of hydrogen-bond donors (Lipinski definition) is 2. The smallest absolute Gasteiger partial charge is 0.550 e. The molecule has 158 valence electrons. The molecule has 8 nitrogen and oxygen atoms in total. The summed E-state index contributed by atoms with van der Waals surface area (Å²) in [4.78, 5) is 41.0. The fraction of sp³-hybridized carbons (Fsp3) is 0.778. The van der Waals surface area contributed by atoms with Crippen LogP contribution in [0.4, 0.5) is 0 Å². The molecule has 0 amide bonds. The molecule has 0 aromatic rings. The molecule has 0 aliphatic heterocycles. The van der Waals surface area contributed by atoms with Gasteiger partial charge in [-0.2, -0.15) is 0 Å². The molecule has 0 saturated heterocycles. The van der Waals surface area contributed by atoms with Gasteiger partial charge in [0, 0.05) is 50.8 Å². The van der Waals surface area contributed by atoms with E-state index in [-0.39, 0.29) is 62.8 Å². The van der Waals surface area contributed by atoms with Crippen LogP contribution in [0.2, 0.25) is 0 Å². The van der Waals surface area contributed by atoms with E-state index in [1.54, 1.807) is 13.8 Å². The number of aliphatic hydroxyl groups is 2. The van der Waals surface area contributed by atoms with Crippen molar-refractivity contribution in [1.29, 1.82) is 0 Å². The van der Waals surface area contributed by atoms with Crippen LogP contribution < -0.4 is 10.2 Å². The van der Waals surface area contributed by atoms with Gasteiger partial charge in [-0.1, -0.05) is 27.7 Å². The van der Waals surface area contributed by atoms with Crippen LogP contribution in [0.15, 0.2) is 0 Å². The molecule has 0 saturated carbocycles. The average Bonchev–Trinajstić information content (AvgIpc) is 2.36. The summed E-state index contributed by atoms with van der Waals surface area (Å²) in [5, 5.41) is 34.9. The predicted molar refractivity (Wildman–Crippen MR) is 93.7 cm³/mol. The Bertz CT molecular complexity index is 346. The molecule has 0 aliphatic rings. The van der Waals surface area contributed by atoms with Crippen molar-refractivity contribution in [3.8, 4) is 0 Å². The maximum absolute atomic E-state index is 10.6. The Hall–Kier alpha value is -0.917. The van der Waals surface area contributed by atoms with Gasteiger partial charge in [0.15, 0.2) is 0 Å². The first-order chi connectivity index (χ1) is 11.9. The van der Waals surface area contributed by atoms with Crippen molar-refractivity contribution in [3.63, 3.8) is 0 Å². The number of aliphatic hydroxyl groups excluding tert-OH is 2. The van der Waals surface area contributed by atoms with Gasteiger partial charge in [-0.15, -0.1) is 0 Å². The van der Waals surface area contributed by atoms with Crippen LogP contribution in [-0.2, 0) is 45.4 Å². The molecule has 0 unspecified atom stereocenters. The SMILES string of the molecule is CC(C)CC(=O)CC(=O)[O-].CC(C)CC(=O)CC(=O)[O-].CCO.CCO.[Zr+2]. The van der Waals surface area contributed by atoms with Crippen LogP contribution in [0.25, 0.3) is 0 Å². The first-order valence-corrected chi connectivity index (χ1v) is 8.52. The second-order valence-electron chi connectivity index (χ2n) is 6.00. The number of carboxylic acid groups (broad SMARTS) is 2. The third kappa shape index (κ3) is 58.7. The van der Waals surface area contributed by atoms with E-state index >= 15 is 0 Å². The van der Waals surface area contributed by atoms with Crippen molar-refractivity contribution in [1.82, 2.24) is 0 Å². The standard InChI is InChI=1S/2C7H12O3.2C2H6O.Zr/c2*1-5(2)3-6(8)4-7(9)10;2*1-2-3;/h2*5H,3-4H2,1-2H3,(H,9,10);2*3H,2H2,1H3;/q;;;;+2/p-2. The first-order valence-electron chi connectivity index (χ1n) is 8.52. The van der Waals surface area contributed by atoms with Crippen LogP contribution in [-0.4, -0.2) is 46.9 Å². The van der Waals surface area contributed by atoms with Crippen molar-refractivity contribution in [3.05, 3.63) is 0 Å². The fourth-order valence-corrected chi connectivity index (χ4v) is 1.38. The predicted octanol–water partition coefficient (Wildman–Crippen LogP) is -0.522. The van der Waals surface area contributed by atoms with E-state index in [2.05, 4.69) is 0 Å². The summed E-state index contributed by atoms with van der Waals surface area (Å²) in [6.07, 6.45) is -0.238. The maximum Gasteiger partial charge on any atom is 2.00 e. The molecule has 0 atom stereocenters. The Balaban J connectivity index is -0.0000000899. The minimum Gasteiger partial charge on any atom is -0.550 e. The quantitative estimate of drug-likeness (QED) is 0.450. The molecule has 9 heteroatoms. The molecule has 27 heavy (non-hydrogen) atoms. The molecule has 0 bridgehead atoms. The van der Waals surface area contributed by atoms with Gasteiger partial charge in [0.05, 0.1) is 0 Å². The van der Waals surface area contributed by atoms with E-state index in [0.717, 1.165) is 0 Å². The minimum atomic E-state index is -1.29. The average molecular weight is 470 g/mol. The minimum absolute atomic E-state index is 0. The van der Waals surface area contributed by atoms with Crippen molar-refractivity contribution in [2.24, 2.45) is 11.8 Å². The maximum atomic E-state index is 10.6. The Morgan fingerprint density at radius 3 is 1.00 bits per heavy atom. The summed E-state index contributed by atoms with van der Waals surface area (Å²) in [6, 6.07) is 0. The Kier molecular flexibility index (Phi) is 37.3. The van der Waals surface area contributed by atoms with E-state index < -0.39 is 24.8 Å². The van der Waals surface area contributed by atoms with Gasteiger partial charge < -0.3 is 30.0 Å². The first kappa shape index (κ1) is 36.9. The summed E-state index contributed by atoms with van der Waals surface area (Å²) in [5.41, 5.74) is 0. The largest absolute Gasteiger partial charge is 2.00 e. The number of ketones is 2. The van der Waals surface area contributed by atoms with Crippen LogP contribution in [0.3, 0.4) is 0 Å². The number of carbonyl (C=O) groups excluding carboxylic acids is 4. The van der Waals surface area contributed by atoms with Gasteiger partial charge in [-0.25, -0.2) is 0 Å². The van der Waals surface area contributed by atoms with E-state index in [1.165, 1.54) is 0 Å². The Morgan fingerprint density at radius 2 is 0.889 bits per heavy atom. The molecule has 0 rings (SSSR count). The van der Waals surface area contributed by atoms with Crippen LogP contribution >= 0.6 is 0 Å². The third-order valence-corrected chi connectivity index (χ3v) is 1.95. The van der Waals surface area contributed by atoms with Crippen LogP contribution in [0, 0.1) is 11.8 Å². The number of aliphatic carboxylic acids is 2. The third-order valence-electron chi connectivity index (χ3n) is 1.95. The Morgan fingerprint density at radius 1 is 0.704 bits per heavy atom. The summed E-state index contributed by atoms with van der Waals surface area (Å²) in [6.45, 7) is 11.3. The van der Waals surface area contributed by atoms with Crippen LogP contribution in [0.1, 0.15) is 67.2 Å². The number of Topliss-reactive ketones (excluding diaryl/α,β-unsaturated/α-hetero) is 2. The topological polar surface area (TPSA) is 155 Å².